The van der Waals surface area contributed by atoms with E-state index in [4.69, 9.17) is 4.74 Å². The fourth-order valence-corrected chi connectivity index (χ4v) is 3.78. The minimum atomic E-state index is -1.04. The number of rotatable bonds is 5. The Balaban J connectivity index is 1.81. The van der Waals surface area contributed by atoms with Gasteiger partial charge in [-0.3, -0.25) is 4.79 Å². The van der Waals surface area contributed by atoms with Gasteiger partial charge in [-0.2, -0.15) is 0 Å². The number of nitrogens with one attached hydrogen (secondary N) is 1. The number of ether oxygens (including phenoxy) is 1. The van der Waals surface area contributed by atoms with E-state index in [2.05, 4.69) is 10.3 Å². The Hall–Kier alpha value is -3.53. The molecule has 8 nitrogen and oxygen atoms in total. The van der Waals surface area contributed by atoms with Crippen LogP contribution in [-0.4, -0.2) is 57.7 Å². The number of pyridine rings is 1. The average Bonchev–Trinajstić information content (AvgIpc) is 3.05. The number of anilines is 1. The summed E-state index contributed by atoms with van der Waals surface area (Å²) in [6.07, 6.45) is 0.759. The highest BCUT2D eigenvalue weighted by Crippen LogP contribution is 2.33. The second-order valence-electron chi connectivity index (χ2n) is 7.34. The first kappa shape index (κ1) is 20.7. The normalized spacial score (nSPS) is 16.5. The van der Waals surface area contributed by atoms with E-state index in [1.807, 2.05) is 13.0 Å². The third kappa shape index (κ3) is 4.06. The predicted molar refractivity (Wildman–Crippen MR) is 108 cm³/mol. The molecular weight excluding hydrogens is 410 g/mol. The number of carbonyl (C=O) groups is 2. The van der Waals surface area contributed by atoms with Crippen molar-refractivity contribution in [1.82, 2.24) is 14.3 Å². The van der Waals surface area contributed by atoms with Gasteiger partial charge >= 0.3 is 6.09 Å². The lowest BCUT2D eigenvalue weighted by Crippen LogP contribution is -2.45. The second-order valence-corrected chi connectivity index (χ2v) is 7.34. The van der Waals surface area contributed by atoms with E-state index in [1.54, 1.807) is 16.7 Å². The number of fused-ring (bicyclic) bond motifs is 1. The van der Waals surface area contributed by atoms with Crippen LogP contribution in [0.1, 0.15) is 11.3 Å². The SMILES string of the molecule is Cc1ccn2c(CC3CN(C(=O)O)CCO3)c(-c3c(F)cc(NC=O)cc3F)nc2c1. The van der Waals surface area contributed by atoms with Gasteiger partial charge in [0.15, 0.2) is 0 Å². The Bertz CT molecular complexity index is 1140. The minimum Gasteiger partial charge on any atom is -0.465 e. The summed E-state index contributed by atoms with van der Waals surface area (Å²) in [5.41, 5.74) is 1.70. The average molecular weight is 430 g/mol. The summed E-state index contributed by atoms with van der Waals surface area (Å²) in [6, 6.07) is 5.68. The first-order valence-corrected chi connectivity index (χ1v) is 9.64. The Morgan fingerprint density at radius 3 is 2.77 bits per heavy atom. The van der Waals surface area contributed by atoms with Crippen LogP contribution in [0.25, 0.3) is 16.9 Å². The molecule has 1 aliphatic rings. The van der Waals surface area contributed by atoms with Gasteiger partial charge < -0.3 is 24.5 Å². The molecule has 0 saturated carbocycles. The highest BCUT2D eigenvalue weighted by molar-refractivity contribution is 5.75. The van der Waals surface area contributed by atoms with Crippen molar-refractivity contribution in [2.24, 2.45) is 0 Å². The maximum atomic E-state index is 14.9. The summed E-state index contributed by atoms with van der Waals surface area (Å²) < 4.78 is 37.2. The third-order valence-electron chi connectivity index (χ3n) is 5.22. The van der Waals surface area contributed by atoms with Crippen molar-refractivity contribution >= 4 is 23.8 Å². The number of hydrogen-bond acceptors (Lipinski definition) is 4. The molecule has 0 aliphatic carbocycles. The van der Waals surface area contributed by atoms with Gasteiger partial charge in [0.25, 0.3) is 0 Å². The molecule has 0 radical (unpaired) electrons. The van der Waals surface area contributed by atoms with Crippen molar-refractivity contribution in [2.75, 3.05) is 25.0 Å². The van der Waals surface area contributed by atoms with Crippen LogP contribution in [0.5, 0.6) is 0 Å². The van der Waals surface area contributed by atoms with Crippen LogP contribution in [-0.2, 0) is 16.0 Å². The summed E-state index contributed by atoms with van der Waals surface area (Å²) >= 11 is 0. The van der Waals surface area contributed by atoms with Crippen molar-refractivity contribution in [3.8, 4) is 11.3 Å². The molecule has 1 unspecified atom stereocenters. The molecule has 2 amide bonds. The molecule has 0 spiro atoms. The first-order chi connectivity index (χ1) is 14.9. The van der Waals surface area contributed by atoms with Crippen LogP contribution in [0, 0.1) is 18.6 Å². The predicted octanol–water partition coefficient (Wildman–Crippen LogP) is 3.08. The number of amides is 2. The zero-order valence-electron chi connectivity index (χ0n) is 16.6. The molecule has 1 aliphatic heterocycles. The van der Waals surface area contributed by atoms with Crippen LogP contribution in [0.4, 0.5) is 19.3 Å². The number of imidazole rings is 1. The third-order valence-corrected chi connectivity index (χ3v) is 5.22. The van der Waals surface area contributed by atoms with Gasteiger partial charge in [-0.1, -0.05) is 0 Å². The van der Waals surface area contributed by atoms with Crippen molar-refractivity contribution < 1.29 is 28.2 Å². The largest absolute Gasteiger partial charge is 0.465 e. The minimum absolute atomic E-state index is 0.0115. The van der Waals surface area contributed by atoms with Crippen molar-refractivity contribution in [3.63, 3.8) is 0 Å². The molecule has 31 heavy (non-hydrogen) atoms. The molecule has 10 heteroatoms. The monoisotopic (exact) mass is 430 g/mol. The van der Waals surface area contributed by atoms with E-state index in [0.717, 1.165) is 17.7 Å². The zero-order chi connectivity index (χ0) is 22.1. The van der Waals surface area contributed by atoms with Crippen molar-refractivity contribution in [2.45, 2.75) is 19.4 Å². The Labute approximate surface area is 176 Å². The second kappa shape index (κ2) is 8.31. The smallest absolute Gasteiger partial charge is 0.407 e. The van der Waals surface area contributed by atoms with Crippen LogP contribution in [0.2, 0.25) is 0 Å². The first-order valence-electron chi connectivity index (χ1n) is 9.64. The summed E-state index contributed by atoms with van der Waals surface area (Å²) in [7, 11) is 0. The van der Waals surface area contributed by atoms with Gasteiger partial charge in [-0.15, -0.1) is 0 Å². The Morgan fingerprint density at radius 2 is 2.10 bits per heavy atom. The molecule has 2 aromatic heterocycles. The molecule has 162 valence electrons. The van der Waals surface area contributed by atoms with Crippen LogP contribution >= 0.6 is 0 Å². The maximum Gasteiger partial charge on any atom is 0.407 e. The van der Waals surface area contributed by atoms with E-state index in [-0.39, 0.29) is 43.1 Å². The topological polar surface area (TPSA) is 96.2 Å². The van der Waals surface area contributed by atoms with E-state index in [0.29, 0.717) is 17.8 Å². The fourth-order valence-electron chi connectivity index (χ4n) is 3.78. The van der Waals surface area contributed by atoms with Crippen molar-refractivity contribution in [3.05, 3.63) is 53.4 Å². The molecule has 3 heterocycles. The summed E-state index contributed by atoms with van der Waals surface area (Å²) in [6.45, 7) is 2.52. The lowest BCUT2D eigenvalue weighted by Gasteiger charge is -2.31. The van der Waals surface area contributed by atoms with E-state index in [9.17, 15) is 23.5 Å². The lowest BCUT2D eigenvalue weighted by atomic mass is 10.0. The van der Waals surface area contributed by atoms with Gasteiger partial charge in [0.2, 0.25) is 6.41 Å². The number of morpholine rings is 1. The highest BCUT2D eigenvalue weighted by atomic mass is 19.1. The molecule has 3 aromatic rings. The molecular formula is C21H20F2N4O4. The van der Waals surface area contributed by atoms with E-state index in [1.165, 1.54) is 4.90 Å². The van der Waals surface area contributed by atoms with Crippen molar-refractivity contribution in [1.29, 1.82) is 0 Å². The number of carboxylic acid groups (broad SMARTS) is 1. The molecule has 2 N–H and O–H groups in total. The van der Waals surface area contributed by atoms with E-state index < -0.39 is 23.8 Å². The molecule has 1 saturated heterocycles. The summed E-state index contributed by atoms with van der Waals surface area (Å²) in [5, 5.41) is 11.5. The summed E-state index contributed by atoms with van der Waals surface area (Å²) in [5.74, 6) is -1.75. The molecule has 0 bridgehead atoms. The number of aryl methyl sites for hydroxylation is 1. The lowest BCUT2D eigenvalue weighted by molar-refractivity contribution is -0.105. The maximum absolute atomic E-state index is 14.9. The number of nitrogens with zero attached hydrogens (tertiary/aromatic N) is 3. The Morgan fingerprint density at radius 1 is 1.35 bits per heavy atom. The molecule has 4 rings (SSSR count). The zero-order valence-corrected chi connectivity index (χ0v) is 16.6. The molecule has 1 fully saturated rings. The van der Waals surface area contributed by atoms with Gasteiger partial charge in [0.1, 0.15) is 17.3 Å². The Kier molecular flexibility index (Phi) is 5.55. The number of carbonyl (C=O) groups excluding carboxylic acids is 1. The van der Waals surface area contributed by atoms with Gasteiger partial charge in [0, 0.05) is 24.8 Å². The number of aromatic nitrogens is 2. The van der Waals surface area contributed by atoms with Crippen LogP contribution in [0.15, 0.2) is 30.5 Å². The quantitative estimate of drug-likeness (QED) is 0.607. The number of benzene rings is 1. The molecule has 1 aromatic carbocycles. The van der Waals surface area contributed by atoms with Crippen LogP contribution < -0.4 is 5.32 Å². The highest BCUT2D eigenvalue weighted by Gasteiger charge is 2.28. The number of halogens is 2. The molecule has 1 atom stereocenters. The van der Waals surface area contributed by atoms with Gasteiger partial charge in [-0.25, -0.2) is 18.6 Å². The number of hydrogen-bond donors (Lipinski definition) is 2. The summed E-state index contributed by atoms with van der Waals surface area (Å²) in [4.78, 5) is 27.7. The van der Waals surface area contributed by atoms with Gasteiger partial charge in [-0.05, 0) is 36.8 Å². The standard InChI is InChI=1S/C21H20F2N4O4/c1-12-2-3-27-17(9-14-10-26(21(29)30)4-5-31-14)20(25-18(27)6-12)19-15(22)7-13(24-11-28)8-16(19)23/h2-3,6-8,11,14H,4-5,9-10H2,1H3,(H,24,28)(H,29,30). The van der Waals surface area contributed by atoms with Gasteiger partial charge in [0.05, 0.1) is 36.2 Å². The van der Waals surface area contributed by atoms with Crippen LogP contribution in [0.3, 0.4) is 0 Å². The van der Waals surface area contributed by atoms with E-state index >= 15 is 0 Å². The fraction of sp³-hybridized carbons (Fsp3) is 0.286.